The fourth-order valence-electron chi connectivity index (χ4n) is 2.27. The van der Waals surface area contributed by atoms with Gasteiger partial charge in [-0.3, -0.25) is 0 Å². The van der Waals surface area contributed by atoms with Crippen molar-refractivity contribution in [1.82, 2.24) is 9.97 Å². The number of ether oxygens (including phenoxy) is 1. The number of anilines is 1. The third kappa shape index (κ3) is 1.48. The van der Waals surface area contributed by atoms with Gasteiger partial charge < -0.3 is 9.64 Å². The molecule has 3 rings (SSSR count). The molecule has 4 heteroatoms. The summed E-state index contributed by atoms with van der Waals surface area (Å²) in [5, 5.41) is 0. The third-order valence-corrected chi connectivity index (χ3v) is 3.46. The summed E-state index contributed by atoms with van der Waals surface area (Å²) in [6, 6.07) is 1.99. The van der Waals surface area contributed by atoms with E-state index in [1.807, 2.05) is 12.3 Å². The van der Waals surface area contributed by atoms with Crippen LogP contribution in [0.5, 0.6) is 0 Å². The van der Waals surface area contributed by atoms with Crippen molar-refractivity contribution < 1.29 is 4.74 Å². The van der Waals surface area contributed by atoms with Gasteiger partial charge in [-0.1, -0.05) is 13.8 Å². The first kappa shape index (κ1) is 10.0. The predicted molar refractivity (Wildman–Crippen MR) is 61.6 cm³/mol. The maximum atomic E-state index is 5.59. The molecular weight excluding hydrogens is 202 g/mol. The molecule has 2 aliphatic heterocycles. The van der Waals surface area contributed by atoms with Crippen LogP contribution in [-0.4, -0.2) is 35.3 Å². The molecule has 0 aromatic carbocycles. The number of hydrogen-bond acceptors (Lipinski definition) is 4. The van der Waals surface area contributed by atoms with Gasteiger partial charge in [0.1, 0.15) is 5.60 Å². The molecule has 2 saturated heterocycles. The highest BCUT2D eigenvalue weighted by molar-refractivity contribution is 5.38. The number of nitrogens with zero attached hydrogens (tertiary/aromatic N) is 3. The topological polar surface area (TPSA) is 38.2 Å². The van der Waals surface area contributed by atoms with Crippen LogP contribution in [0.15, 0.2) is 12.3 Å². The van der Waals surface area contributed by atoms with Gasteiger partial charge in [0, 0.05) is 18.3 Å². The molecule has 1 aromatic rings. The zero-order valence-corrected chi connectivity index (χ0v) is 9.81. The summed E-state index contributed by atoms with van der Waals surface area (Å²) >= 11 is 0. The van der Waals surface area contributed by atoms with Crippen LogP contribution in [0.4, 0.5) is 5.95 Å². The molecule has 1 aromatic heterocycles. The quantitative estimate of drug-likeness (QED) is 0.757. The average Bonchev–Trinajstić information content (AvgIpc) is 2.14. The van der Waals surface area contributed by atoms with Crippen molar-refractivity contribution in [2.45, 2.75) is 31.8 Å². The molecule has 16 heavy (non-hydrogen) atoms. The number of hydrogen-bond donors (Lipinski definition) is 0. The van der Waals surface area contributed by atoms with Crippen molar-refractivity contribution >= 4 is 5.95 Å². The number of aromatic nitrogens is 2. The van der Waals surface area contributed by atoms with Crippen LogP contribution < -0.4 is 4.90 Å². The van der Waals surface area contributed by atoms with E-state index in [4.69, 9.17) is 4.74 Å². The predicted octanol–water partition coefficient (Wildman–Crippen LogP) is 1.58. The molecular formula is C12H17N3O. The van der Waals surface area contributed by atoms with E-state index in [2.05, 4.69) is 28.7 Å². The summed E-state index contributed by atoms with van der Waals surface area (Å²) in [6.45, 7) is 7.13. The summed E-state index contributed by atoms with van der Waals surface area (Å²) in [6.07, 6.45) is 3.04. The van der Waals surface area contributed by atoms with E-state index in [-0.39, 0.29) is 5.60 Å². The zero-order valence-electron chi connectivity index (χ0n) is 9.81. The van der Waals surface area contributed by atoms with E-state index in [0.29, 0.717) is 5.92 Å². The van der Waals surface area contributed by atoms with Crippen molar-refractivity contribution in [3.63, 3.8) is 0 Å². The van der Waals surface area contributed by atoms with Gasteiger partial charge in [-0.25, -0.2) is 9.97 Å². The van der Waals surface area contributed by atoms with E-state index in [0.717, 1.165) is 31.3 Å². The minimum absolute atomic E-state index is 0.150. The highest BCUT2D eigenvalue weighted by Crippen LogP contribution is 2.37. The molecule has 0 unspecified atom stereocenters. The van der Waals surface area contributed by atoms with Gasteiger partial charge in [0.2, 0.25) is 5.95 Å². The van der Waals surface area contributed by atoms with E-state index >= 15 is 0 Å². The average molecular weight is 219 g/mol. The molecule has 86 valence electrons. The van der Waals surface area contributed by atoms with Gasteiger partial charge >= 0.3 is 0 Å². The van der Waals surface area contributed by atoms with Crippen molar-refractivity contribution in [2.24, 2.45) is 0 Å². The first-order valence-electron chi connectivity index (χ1n) is 5.90. The highest BCUT2D eigenvalue weighted by Gasteiger charge is 2.50. The summed E-state index contributed by atoms with van der Waals surface area (Å²) in [7, 11) is 0. The molecule has 2 fully saturated rings. The van der Waals surface area contributed by atoms with Crippen molar-refractivity contribution in [2.75, 3.05) is 24.6 Å². The Labute approximate surface area is 95.7 Å². The maximum Gasteiger partial charge on any atom is 0.225 e. The molecule has 0 amide bonds. The van der Waals surface area contributed by atoms with Gasteiger partial charge in [0.25, 0.3) is 0 Å². The number of rotatable bonds is 2. The lowest BCUT2D eigenvalue weighted by Crippen LogP contribution is -2.68. The third-order valence-electron chi connectivity index (χ3n) is 3.46. The molecule has 3 heterocycles. The second-order valence-corrected chi connectivity index (χ2v) is 5.07. The monoisotopic (exact) mass is 219 g/mol. The fourth-order valence-corrected chi connectivity index (χ4v) is 2.27. The largest absolute Gasteiger partial charge is 0.371 e. The van der Waals surface area contributed by atoms with Crippen LogP contribution in [0, 0.1) is 0 Å². The summed E-state index contributed by atoms with van der Waals surface area (Å²) in [5.74, 6) is 1.31. The minimum atomic E-state index is 0.150. The Morgan fingerprint density at radius 1 is 1.44 bits per heavy atom. The molecule has 1 spiro atoms. The standard InChI is InChI=1S/C12H17N3O/c1-9(2)10-3-5-13-11(14-10)15-7-12(8-15)4-6-16-12/h3,5,9H,4,6-8H2,1-2H3. The van der Waals surface area contributed by atoms with Crippen molar-refractivity contribution in [1.29, 1.82) is 0 Å². The van der Waals surface area contributed by atoms with Crippen LogP contribution in [0.2, 0.25) is 0 Å². The van der Waals surface area contributed by atoms with Gasteiger partial charge in [-0.15, -0.1) is 0 Å². The molecule has 0 aliphatic carbocycles. The van der Waals surface area contributed by atoms with Crippen LogP contribution in [0.25, 0.3) is 0 Å². The zero-order chi connectivity index (χ0) is 11.2. The van der Waals surface area contributed by atoms with Crippen LogP contribution in [0.1, 0.15) is 31.9 Å². The normalized spacial score (nSPS) is 22.1. The van der Waals surface area contributed by atoms with Crippen molar-refractivity contribution in [3.8, 4) is 0 Å². The van der Waals surface area contributed by atoms with E-state index in [9.17, 15) is 0 Å². The molecule has 4 nitrogen and oxygen atoms in total. The molecule has 0 bridgehead atoms. The Hall–Kier alpha value is -1.16. The van der Waals surface area contributed by atoms with Gasteiger partial charge in [0.15, 0.2) is 0 Å². The SMILES string of the molecule is CC(C)c1ccnc(N2CC3(CCO3)C2)n1. The maximum absolute atomic E-state index is 5.59. The second kappa shape index (κ2) is 3.42. The Balaban J connectivity index is 1.73. The van der Waals surface area contributed by atoms with Crippen LogP contribution in [-0.2, 0) is 4.74 Å². The first-order chi connectivity index (χ1) is 7.69. The fraction of sp³-hybridized carbons (Fsp3) is 0.667. The van der Waals surface area contributed by atoms with Crippen LogP contribution in [0.3, 0.4) is 0 Å². The van der Waals surface area contributed by atoms with E-state index in [1.165, 1.54) is 6.42 Å². The van der Waals surface area contributed by atoms with Crippen LogP contribution >= 0.6 is 0 Å². The Kier molecular flexibility index (Phi) is 2.14. The first-order valence-corrected chi connectivity index (χ1v) is 5.90. The molecule has 2 aliphatic rings. The van der Waals surface area contributed by atoms with Crippen molar-refractivity contribution in [3.05, 3.63) is 18.0 Å². The Morgan fingerprint density at radius 2 is 2.19 bits per heavy atom. The summed E-state index contributed by atoms with van der Waals surface area (Å²) < 4.78 is 5.59. The minimum Gasteiger partial charge on any atom is -0.371 e. The Bertz CT molecular complexity index is 393. The molecule has 0 N–H and O–H groups in total. The highest BCUT2D eigenvalue weighted by atomic mass is 16.5. The second-order valence-electron chi connectivity index (χ2n) is 5.07. The Morgan fingerprint density at radius 3 is 2.75 bits per heavy atom. The van der Waals surface area contributed by atoms with Gasteiger partial charge in [-0.2, -0.15) is 0 Å². The lowest BCUT2D eigenvalue weighted by Gasteiger charge is -2.55. The smallest absolute Gasteiger partial charge is 0.225 e. The molecule has 0 atom stereocenters. The summed E-state index contributed by atoms with van der Waals surface area (Å²) in [5.41, 5.74) is 1.26. The molecule has 0 saturated carbocycles. The lowest BCUT2D eigenvalue weighted by atomic mass is 9.86. The lowest BCUT2D eigenvalue weighted by molar-refractivity contribution is -0.161. The molecule has 0 radical (unpaired) electrons. The van der Waals surface area contributed by atoms with Gasteiger partial charge in [0.05, 0.1) is 19.7 Å². The van der Waals surface area contributed by atoms with E-state index in [1.54, 1.807) is 0 Å². The summed E-state index contributed by atoms with van der Waals surface area (Å²) in [4.78, 5) is 11.1. The van der Waals surface area contributed by atoms with Gasteiger partial charge in [-0.05, 0) is 12.0 Å². The van der Waals surface area contributed by atoms with E-state index < -0.39 is 0 Å².